The van der Waals surface area contributed by atoms with Crippen LogP contribution in [0.3, 0.4) is 0 Å². The van der Waals surface area contributed by atoms with E-state index in [0.717, 1.165) is 35.3 Å². The largest absolute Gasteiger partial charge is 0.387 e. The van der Waals surface area contributed by atoms with Crippen LogP contribution in [0.15, 0.2) is 72.8 Å². The summed E-state index contributed by atoms with van der Waals surface area (Å²) < 4.78 is 0. The summed E-state index contributed by atoms with van der Waals surface area (Å²) in [5, 5.41) is 29.9. The van der Waals surface area contributed by atoms with Gasteiger partial charge in [-0.25, -0.2) is 0 Å². The van der Waals surface area contributed by atoms with Crippen molar-refractivity contribution in [1.82, 2.24) is 5.32 Å². The molecule has 0 aromatic heterocycles. The summed E-state index contributed by atoms with van der Waals surface area (Å²) in [5.41, 5.74) is 5.47. The second-order valence-corrected chi connectivity index (χ2v) is 7.81. The fourth-order valence-corrected chi connectivity index (χ4v) is 3.45. The fourth-order valence-electron chi connectivity index (χ4n) is 3.45. The molecular formula is C26H31N3O3. The molecule has 0 saturated heterocycles. The van der Waals surface area contributed by atoms with Gasteiger partial charge in [-0.2, -0.15) is 0 Å². The number of rotatable bonds is 12. The molecule has 3 aromatic carbocycles. The minimum absolute atomic E-state index is 0.431. The quantitative estimate of drug-likeness (QED) is 0.222. The van der Waals surface area contributed by atoms with Crippen molar-refractivity contribution < 1.29 is 15.0 Å². The van der Waals surface area contributed by atoms with Gasteiger partial charge in [-0.15, -0.1) is 0 Å². The van der Waals surface area contributed by atoms with E-state index >= 15 is 0 Å². The molecule has 3 aromatic rings. The number of aliphatic hydroxyl groups excluding tert-OH is 2. The maximum atomic E-state index is 10.7. The van der Waals surface area contributed by atoms with Gasteiger partial charge in [0.05, 0.1) is 12.2 Å². The lowest BCUT2D eigenvalue weighted by Crippen LogP contribution is -2.23. The molecule has 32 heavy (non-hydrogen) atoms. The van der Waals surface area contributed by atoms with Gasteiger partial charge in [-0.3, -0.25) is 4.79 Å². The van der Waals surface area contributed by atoms with Crippen LogP contribution >= 0.6 is 0 Å². The Morgan fingerprint density at radius 2 is 1.59 bits per heavy atom. The predicted molar refractivity (Wildman–Crippen MR) is 129 cm³/mol. The van der Waals surface area contributed by atoms with E-state index in [0.29, 0.717) is 25.2 Å². The Balaban J connectivity index is 1.40. The number of carbonyl (C=O) groups excluding carboxylic acids is 1. The molecule has 1 amide bonds. The topological polar surface area (TPSA) is 93.6 Å². The van der Waals surface area contributed by atoms with Gasteiger partial charge in [-0.1, -0.05) is 54.6 Å². The number of nitrogens with one attached hydrogen (secondary N) is 3. The Labute approximate surface area is 189 Å². The Bertz CT molecular complexity index is 977. The minimum Gasteiger partial charge on any atom is -0.387 e. The first-order chi connectivity index (χ1) is 15.6. The summed E-state index contributed by atoms with van der Waals surface area (Å²) in [4.78, 5) is 10.7. The van der Waals surface area contributed by atoms with Crippen molar-refractivity contribution in [2.45, 2.75) is 25.6 Å². The number of aliphatic hydroxyl groups is 2. The van der Waals surface area contributed by atoms with Gasteiger partial charge in [-0.05, 0) is 60.3 Å². The highest BCUT2D eigenvalue weighted by atomic mass is 16.3. The molecule has 0 radical (unpaired) electrons. The van der Waals surface area contributed by atoms with Crippen LogP contribution in [0.4, 0.5) is 11.4 Å². The van der Waals surface area contributed by atoms with Crippen LogP contribution in [0.25, 0.3) is 0 Å². The highest BCUT2D eigenvalue weighted by Gasteiger charge is 2.09. The zero-order valence-corrected chi connectivity index (χ0v) is 18.3. The Kier molecular flexibility index (Phi) is 8.80. The highest BCUT2D eigenvalue weighted by molar-refractivity contribution is 5.73. The molecule has 0 saturated carbocycles. The summed E-state index contributed by atoms with van der Waals surface area (Å²) in [6, 6.07) is 23.3. The first-order valence-electron chi connectivity index (χ1n) is 10.8. The number of hydrogen-bond donors (Lipinski definition) is 5. The smallest absolute Gasteiger partial charge is 0.211 e. The molecule has 0 aliphatic heterocycles. The fraction of sp³-hybridized carbons (Fsp3) is 0.269. The van der Waals surface area contributed by atoms with Gasteiger partial charge >= 0.3 is 0 Å². The minimum atomic E-state index is -0.648. The lowest BCUT2D eigenvalue weighted by molar-refractivity contribution is -0.105. The normalized spacial score (nSPS) is 12.7. The number of aryl methyl sites for hydroxylation is 1. The van der Waals surface area contributed by atoms with E-state index < -0.39 is 12.2 Å². The molecule has 0 heterocycles. The van der Waals surface area contributed by atoms with Crippen molar-refractivity contribution >= 4 is 17.8 Å². The van der Waals surface area contributed by atoms with E-state index in [-0.39, 0.29) is 0 Å². The number of benzene rings is 3. The van der Waals surface area contributed by atoms with Crippen molar-refractivity contribution in [3.8, 4) is 0 Å². The van der Waals surface area contributed by atoms with Gasteiger partial charge in [0, 0.05) is 24.5 Å². The second kappa shape index (κ2) is 12.0. The number of anilines is 2. The van der Waals surface area contributed by atoms with E-state index in [9.17, 15) is 15.0 Å². The molecule has 0 fully saturated rings. The van der Waals surface area contributed by atoms with Crippen LogP contribution in [-0.2, 0) is 11.2 Å². The molecule has 0 unspecified atom stereocenters. The van der Waals surface area contributed by atoms with Gasteiger partial charge < -0.3 is 26.2 Å². The Hall–Kier alpha value is -3.19. The van der Waals surface area contributed by atoms with E-state index in [1.165, 1.54) is 5.56 Å². The lowest BCUT2D eigenvalue weighted by atomic mass is 10.1. The van der Waals surface area contributed by atoms with Crippen LogP contribution in [0.2, 0.25) is 0 Å². The molecule has 0 bridgehead atoms. The average molecular weight is 434 g/mol. The van der Waals surface area contributed by atoms with Crippen molar-refractivity contribution in [2.75, 3.05) is 30.3 Å². The van der Waals surface area contributed by atoms with E-state index in [4.69, 9.17) is 0 Å². The first kappa shape index (κ1) is 23.5. The zero-order valence-electron chi connectivity index (χ0n) is 18.3. The summed E-state index contributed by atoms with van der Waals surface area (Å²) in [6.07, 6.45) is 0.282. The maximum Gasteiger partial charge on any atom is 0.211 e. The van der Waals surface area contributed by atoms with Crippen molar-refractivity contribution in [2.24, 2.45) is 0 Å². The SMILES string of the molecule is Cc1ccc([C@@H](O)CNCCc2ccc(NC[C@H](O)c3ccccc3)cc2)cc1NC=O. The molecule has 6 heteroatoms. The molecule has 6 nitrogen and oxygen atoms in total. The highest BCUT2D eigenvalue weighted by Crippen LogP contribution is 2.21. The summed E-state index contributed by atoms with van der Waals surface area (Å²) in [5.74, 6) is 0. The molecule has 0 aliphatic rings. The van der Waals surface area contributed by atoms with Crippen LogP contribution < -0.4 is 16.0 Å². The molecule has 0 aliphatic carbocycles. The summed E-state index contributed by atoms with van der Waals surface area (Å²) in [6.45, 7) is 3.53. The molecule has 3 rings (SSSR count). The van der Waals surface area contributed by atoms with Crippen LogP contribution in [0.1, 0.15) is 34.5 Å². The second-order valence-electron chi connectivity index (χ2n) is 7.81. The van der Waals surface area contributed by atoms with E-state index in [2.05, 4.69) is 28.1 Å². The number of amides is 1. The lowest BCUT2D eigenvalue weighted by Gasteiger charge is -2.15. The van der Waals surface area contributed by atoms with Crippen LogP contribution in [0, 0.1) is 6.92 Å². The zero-order chi connectivity index (χ0) is 22.8. The van der Waals surface area contributed by atoms with Crippen LogP contribution in [0.5, 0.6) is 0 Å². The van der Waals surface area contributed by atoms with Crippen LogP contribution in [-0.4, -0.2) is 36.3 Å². The molecule has 0 spiro atoms. The monoisotopic (exact) mass is 433 g/mol. The molecule has 2 atom stereocenters. The third-order valence-corrected chi connectivity index (χ3v) is 5.43. The number of hydrogen-bond acceptors (Lipinski definition) is 5. The predicted octanol–water partition coefficient (Wildman–Crippen LogP) is 3.57. The van der Waals surface area contributed by atoms with E-state index in [1.54, 1.807) is 6.07 Å². The Morgan fingerprint density at radius 1 is 0.875 bits per heavy atom. The first-order valence-corrected chi connectivity index (χ1v) is 10.8. The standard InChI is InChI=1S/C26H31N3O3/c1-19-7-10-22(15-24(19)29-18-30)25(31)16-27-14-13-20-8-11-23(12-9-20)28-17-26(32)21-5-3-2-4-6-21/h2-12,15,18,25-28,31-32H,13-14,16-17H2,1H3,(H,29,30)/t25-,26-/m0/s1. The Morgan fingerprint density at radius 3 is 2.31 bits per heavy atom. The van der Waals surface area contributed by atoms with E-state index in [1.807, 2.05) is 61.5 Å². The van der Waals surface area contributed by atoms with Gasteiger partial charge in [0.15, 0.2) is 0 Å². The van der Waals surface area contributed by atoms with Crippen molar-refractivity contribution in [3.63, 3.8) is 0 Å². The molecule has 5 N–H and O–H groups in total. The third-order valence-electron chi connectivity index (χ3n) is 5.43. The summed E-state index contributed by atoms with van der Waals surface area (Å²) in [7, 11) is 0. The molecular weight excluding hydrogens is 402 g/mol. The van der Waals surface area contributed by atoms with Crippen molar-refractivity contribution in [3.05, 3.63) is 95.1 Å². The number of carbonyl (C=O) groups is 1. The maximum absolute atomic E-state index is 10.7. The van der Waals surface area contributed by atoms with Gasteiger partial charge in [0.25, 0.3) is 0 Å². The van der Waals surface area contributed by atoms with Gasteiger partial charge in [0.2, 0.25) is 6.41 Å². The average Bonchev–Trinajstić information content (AvgIpc) is 2.83. The van der Waals surface area contributed by atoms with Gasteiger partial charge in [0.1, 0.15) is 0 Å². The summed E-state index contributed by atoms with van der Waals surface area (Å²) >= 11 is 0. The molecule has 168 valence electrons. The third kappa shape index (κ3) is 6.92. The van der Waals surface area contributed by atoms with Crippen molar-refractivity contribution in [1.29, 1.82) is 0 Å².